The highest BCUT2D eigenvalue weighted by molar-refractivity contribution is 7.13. The molecule has 1 saturated heterocycles. The van der Waals surface area contributed by atoms with Crippen LogP contribution >= 0.6 is 11.3 Å². The number of hydrogen-bond acceptors (Lipinski definition) is 11. The first kappa shape index (κ1) is 27.4. The molecule has 0 saturated carbocycles. The maximum Gasteiger partial charge on any atom is 0.265 e. The van der Waals surface area contributed by atoms with Crippen LogP contribution in [0.2, 0.25) is 0 Å². The molecule has 0 atom stereocenters. The molecular weight excluding hydrogens is 559 g/mol. The van der Waals surface area contributed by atoms with Crippen LogP contribution < -0.4 is 21.1 Å². The SMILES string of the molecule is CN(C)C(=O)c1cc2cnc(Nc3ccc(N4CCNCC4)c(F)c3)nc2n(Cc2cnncc2-c2nccs2)c1=O. The van der Waals surface area contributed by atoms with Gasteiger partial charge in [0.2, 0.25) is 5.95 Å². The molecule has 6 rings (SSSR count). The summed E-state index contributed by atoms with van der Waals surface area (Å²) < 4.78 is 16.5. The van der Waals surface area contributed by atoms with Gasteiger partial charge in [0, 0.05) is 80.2 Å². The fourth-order valence-electron chi connectivity index (χ4n) is 4.83. The van der Waals surface area contributed by atoms with Crippen LogP contribution in [0, 0.1) is 5.82 Å². The van der Waals surface area contributed by atoms with E-state index in [0.29, 0.717) is 28.0 Å². The van der Waals surface area contributed by atoms with Gasteiger partial charge >= 0.3 is 0 Å². The largest absolute Gasteiger partial charge is 0.367 e. The van der Waals surface area contributed by atoms with Crippen LogP contribution in [-0.2, 0) is 6.54 Å². The number of piperazine rings is 1. The molecular formula is C28H27FN10O2S. The molecule has 0 aliphatic carbocycles. The number of anilines is 3. The number of hydrogen-bond donors (Lipinski definition) is 2. The van der Waals surface area contributed by atoms with Crippen LogP contribution in [0.5, 0.6) is 0 Å². The summed E-state index contributed by atoms with van der Waals surface area (Å²) in [5.41, 5.74) is 2.17. The third-order valence-electron chi connectivity index (χ3n) is 6.93. The first-order chi connectivity index (χ1) is 20.4. The van der Waals surface area contributed by atoms with Gasteiger partial charge in [-0.2, -0.15) is 15.2 Å². The van der Waals surface area contributed by atoms with Gasteiger partial charge in [-0.25, -0.2) is 14.4 Å². The van der Waals surface area contributed by atoms with E-state index in [0.717, 1.165) is 36.8 Å². The topological polar surface area (TPSA) is 134 Å². The van der Waals surface area contributed by atoms with E-state index in [2.05, 4.69) is 35.8 Å². The van der Waals surface area contributed by atoms with E-state index in [9.17, 15) is 9.59 Å². The average Bonchev–Trinajstić information content (AvgIpc) is 3.54. The van der Waals surface area contributed by atoms with Crippen molar-refractivity contribution in [1.82, 2.24) is 39.9 Å². The second kappa shape index (κ2) is 11.6. The molecule has 14 heteroatoms. The molecule has 42 heavy (non-hydrogen) atoms. The van der Waals surface area contributed by atoms with E-state index in [1.165, 1.54) is 39.1 Å². The molecule has 0 radical (unpaired) electrons. The summed E-state index contributed by atoms with van der Waals surface area (Å²) in [5.74, 6) is -0.623. The Morgan fingerprint density at radius 1 is 1.12 bits per heavy atom. The summed E-state index contributed by atoms with van der Waals surface area (Å²) in [6.45, 7) is 3.11. The summed E-state index contributed by atoms with van der Waals surface area (Å²) in [4.78, 5) is 43.4. The maximum absolute atomic E-state index is 15.0. The van der Waals surface area contributed by atoms with E-state index in [1.54, 1.807) is 44.8 Å². The van der Waals surface area contributed by atoms with Gasteiger partial charge in [0.05, 0.1) is 24.6 Å². The van der Waals surface area contributed by atoms with Crippen molar-refractivity contribution < 1.29 is 9.18 Å². The Kier molecular flexibility index (Phi) is 7.54. The molecule has 0 bridgehead atoms. The Morgan fingerprint density at radius 2 is 1.93 bits per heavy atom. The average molecular weight is 587 g/mol. The number of amides is 1. The predicted molar refractivity (Wildman–Crippen MR) is 159 cm³/mol. The summed E-state index contributed by atoms with van der Waals surface area (Å²) in [6, 6.07) is 6.40. The van der Waals surface area contributed by atoms with Crippen LogP contribution in [0.25, 0.3) is 21.6 Å². The number of carbonyl (C=O) groups is 1. The lowest BCUT2D eigenvalue weighted by atomic mass is 10.1. The van der Waals surface area contributed by atoms with Gasteiger partial charge in [-0.3, -0.25) is 14.2 Å². The molecule has 1 fully saturated rings. The number of nitrogens with zero attached hydrogens (tertiary/aromatic N) is 8. The zero-order chi connectivity index (χ0) is 29.2. The summed E-state index contributed by atoms with van der Waals surface area (Å²) >= 11 is 1.44. The maximum atomic E-state index is 15.0. The van der Waals surface area contributed by atoms with E-state index >= 15 is 4.39 Å². The third-order valence-corrected chi connectivity index (χ3v) is 7.74. The lowest BCUT2D eigenvalue weighted by Gasteiger charge is -2.29. The van der Waals surface area contributed by atoms with Crippen molar-refractivity contribution in [3.8, 4) is 10.6 Å². The van der Waals surface area contributed by atoms with Crippen molar-refractivity contribution in [2.75, 3.05) is 50.5 Å². The molecule has 12 nitrogen and oxygen atoms in total. The van der Waals surface area contributed by atoms with Gasteiger partial charge in [-0.1, -0.05) is 0 Å². The van der Waals surface area contributed by atoms with Gasteiger partial charge in [-0.15, -0.1) is 11.3 Å². The molecule has 214 valence electrons. The van der Waals surface area contributed by atoms with E-state index in [4.69, 9.17) is 0 Å². The molecule has 1 aliphatic rings. The van der Waals surface area contributed by atoms with Gasteiger partial charge in [0.25, 0.3) is 11.5 Å². The van der Waals surface area contributed by atoms with Crippen LogP contribution in [0.15, 0.2) is 59.2 Å². The number of carbonyl (C=O) groups excluding carboxylic acids is 1. The van der Waals surface area contributed by atoms with E-state index in [1.807, 2.05) is 10.3 Å². The molecule has 1 aliphatic heterocycles. The Morgan fingerprint density at radius 3 is 2.67 bits per heavy atom. The quantitative estimate of drug-likeness (QED) is 0.293. The number of nitrogens with one attached hydrogen (secondary N) is 2. The third kappa shape index (κ3) is 5.41. The minimum atomic E-state index is -0.515. The standard InChI is InChI=1S/C28H27FN10O2S/c1-37(2)26(40)20-11-17-13-32-28(35-19-3-4-23(22(29)12-19)38-8-5-30-6-9-38)36-24(17)39(27(20)41)16-18-14-33-34-15-21(18)25-31-7-10-42-25/h3-4,7,10-15,30H,5-6,8-9,16H2,1-2H3,(H,32,35,36). The molecule has 5 heterocycles. The monoisotopic (exact) mass is 586 g/mol. The summed E-state index contributed by atoms with van der Waals surface area (Å²) in [6.07, 6.45) is 6.38. The van der Waals surface area contributed by atoms with Crippen LogP contribution in [-0.4, -0.2) is 80.8 Å². The number of pyridine rings is 1. The molecule has 0 unspecified atom stereocenters. The van der Waals surface area contributed by atoms with Crippen LogP contribution in [0.3, 0.4) is 0 Å². The summed E-state index contributed by atoms with van der Waals surface area (Å²) in [7, 11) is 3.17. The Hall–Kier alpha value is -4.82. The number of fused-ring (bicyclic) bond motifs is 1. The normalized spacial score (nSPS) is 13.4. The highest BCUT2D eigenvalue weighted by Crippen LogP contribution is 2.27. The highest BCUT2D eigenvalue weighted by atomic mass is 32.1. The number of thiazole rings is 1. The molecule has 1 aromatic carbocycles. The number of rotatable bonds is 7. The summed E-state index contributed by atoms with van der Waals surface area (Å²) in [5, 5.41) is 17.4. The first-order valence-corrected chi connectivity index (χ1v) is 14.1. The van der Waals surface area contributed by atoms with Crippen molar-refractivity contribution in [2.24, 2.45) is 0 Å². The lowest BCUT2D eigenvalue weighted by Crippen LogP contribution is -2.43. The Balaban J connectivity index is 1.40. The van der Waals surface area contributed by atoms with Gasteiger partial charge in [0.1, 0.15) is 22.0 Å². The van der Waals surface area contributed by atoms with Crippen LogP contribution in [0.1, 0.15) is 15.9 Å². The van der Waals surface area contributed by atoms with E-state index < -0.39 is 11.5 Å². The van der Waals surface area contributed by atoms with Gasteiger partial charge in [-0.05, 0) is 24.3 Å². The van der Waals surface area contributed by atoms with E-state index in [-0.39, 0.29) is 23.9 Å². The number of aromatic nitrogens is 6. The second-order valence-electron chi connectivity index (χ2n) is 9.91. The molecule has 2 N–H and O–H groups in total. The first-order valence-electron chi connectivity index (χ1n) is 13.2. The zero-order valence-corrected chi connectivity index (χ0v) is 23.7. The van der Waals surface area contributed by atoms with Crippen molar-refractivity contribution in [2.45, 2.75) is 6.54 Å². The van der Waals surface area contributed by atoms with Crippen molar-refractivity contribution >= 4 is 45.6 Å². The Labute approximate surface area is 243 Å². The second-order valence-corrected chi connectivity index (χ2v) is 10.8. The minimum absolute atomic E-state index is 0.0137. The minimum Gasteiger partial charge on any atom is -0.367 e. The van der Waals surface area contributed by atoms with Gasteiger partial charge in [0.15, 0.2) is 0 Å². The highest BCUT2D eigenvalue weighted by Gasteiger charge is 2.21. The van der Waals surface area contributed by atoms with Gasteiger partial charge < -0.3 is 20.4 Å². The fourth-order valence-corrected chi connectivity index (χ4v) is 5.51. The smallest absolute Gasteiger partial charge is 0.265 e. The van der Waals surface area contributed by atoms with Crippen LogP contribution in [0.4, 0.5) is 21.7 Å². The van der Waals surface area contributed by atoms with Crippen molar-refractivity contribution in [3.05, 3.63) is 81.7 Å². The molecule has 1 amide bonds. The lowest BCUT2D eigenvalue weighted by molar-refractivity contribution is 0.0825. The van der Waals surface area contributed by atoms with Crippen molar-refractivity contribution in [1.29, 1.82) is 0 Å². The molecule has 4 aromatic heterocycles. The Bertz CT molecular complexity index is 1820. The number of halogens is 1. The number of benzene rings is 1. The molecule has 0 spiro atoms. The van der Waals surface area contributed by atoms with Crippen molar-refractivity contribution in [3.63, 3.8) is 0 Å². The predicted octanol–water partition coefficient (Wildman–Crippen LogP) is 2.75. The zero-order valence-electron chi connectivity index (χ0n) is 22.9. The molecule has 5 aromatic rings. The fraction of sp³-hybridized carbons (Fsp3) is 0.250.